The van der Waals surface area contributed by atoms with Crippen LogP contribution >= 0.6 is 0 Å². The second-order valence-electron chi connectivity index (χ2n) is 6.08. The Hall–Kier alpha value is -1.51. The SMILES string of the molecule is Cc1cc(C)c(OCCNC(=O)C(C)(C)C)c(C)c1. The molecule has 3 nitrogen and oxygen atoms in total. The summed E-state index contributed by atoms with van der Waals surface area (Å²) in [5, 5.41) is 2.88. The summed E-state index contributed by atoms with van der Waals surface area (Å²) >= 11 is 0. The van der Waals surface area contributed by atoms with Crippen molar-refractivity contribution in [1.29, 1.82) is 0 Å². The Morgan fingerprint density at radius 3 is 2.16 bits per heavy atom. The number of ether oxygens (including phenoxy) is 1. The van der Waals surface area contributed by atoms with E-state index in [1.807, 2.05) is 34.6 Å². The molecule has 0 saturated carbocycles. The van der Waals surface area contributed by atoms with Gasteiger partial charge in [-0.05, 0) is 31.9 Å². The van der Waals surface area contributed by atoms with E-state index in [9.17, 15) is 4.79 Å². The minimum absolute atomic E-state index is 0.0495. The van der Waals surface area contributed by atoms with E-state index in [0.29, 0.717) is 13.2 Å². The first kappa shape index (κ1) is 15.5. The maximum Gasteiger partial charge on any atom is 0.225 e. The minimum Gasteiger partial charge on any atom is -0.491 e. The second-order valence-corrected chi connectivity index (χ2v) is 6.08. The summed E-state index contributed by atoms with van der Waals surface area (Å²) in [5.74, 6) is 0.976. The molecule has 19 heavy (non-hydrogen) atoms. The summed E-state index contributed by atoms with van der Waals surface area (Å²) < 4.78 is 5.77. The highest BCUT2D eigenvalue weighted by atomic mass is 16.5. The molecule has 0 aromatic heterocycles. The summed E-state index contributed by atoms with van der Waals surface area (Å²) in [6.45, 7) is 12.9. The van der Waals surface area contributed by atoms with Crippen LogP contribution in [-0.4, -0.2) is 19.1 Å². The Balaban J connectivity index is 2.49. The molecule has 0 heterocycles. The summed E-state index contributed by atoms with van der Waals surface area (Å²) in [6, 6.07) is 4.21. The van der Waals surface area contributed by atoms with Crippen LogP contribution in [0.1, 0.15) is 37.5 Å². The fourth-order valence-corrected chi connectivity index (χ4v) is 1.98. The van der Waals surface area contributed by atoms with E-state index in [-0.39, 0.29) is 11.3 Å². The normalized spacial score (nSPS) is 11.3. The van der Waals surface area contributed by atoms with Gasteiger partial charge in [-0.25, -0.2) is 0 Å². The van der Waals surface area contributed by atoms with Gasteiger partial charge in [0.1, 0.15) is 12.4 Å². The van der Waals surface area contributed by atoms with Crippen molar-refractivity contribution in [3.8, 4) is 5.75 Å². The smallest absolute Gasteiger partial charge is 0.225 e. The third-order valence-corrected chi connectivity index (χ3v) is 2.92. The number of nitrogens with one attached hydrogen (secondary N) is 1. The van der Waals surface area contributed by atoms with Crippen LogP contribution in [0.2, 0.25) is 0 Å². The highest BCUT2D eigenvalue weighted by Gasteiger charge is 2.20. The van der Waals surface area contributed by atoms with E-state index in [1.54, 1.807) is 0 Å². The lowest BCUT2D eigenvalue weighted by molar-refractivity contribution is -0.128. The zero-order chi connectivity index (χ0) is 14.6. The summed E-state index contributed by atoms with van der Waals surface area (Å²) in [5.41, 5.74) is 3.16. The fraction of sp³-hybridized carbons (Fsp3) is 0.562. The molecule has 3 heteroatoms. The van der Waals surface area contributed by atoms with Crippen molar-refractivity contribution < 1.29 is 9.53 Å². The van der Waals surface area contributed by atoms with Crippen molar-refractivity contribution in [1.82, 2.24) is 5.32 Å². The molecule has 1 aromatic rings. The Morgan fingerprint density at radius 2 is 1.68 bits per heavy atom. The molecule has 0 saturated heterocycles. The van der Waals surface area contributed by atoms with Crippen LogP contribution in [0.5, 0.6) is 5.75 Å². The van der Waals surface area contributed by atoms with E-state index >= 15 is 0 Å². The van der Waals surface area contributed by atoms with Gasteiger partial charge in [-0.15, -0.1) is 0 Å². The van der Waals surface area contributed by atoms with Crippen LogP contribution in [0.15, 0.2) is 12.1 Å². The van der Waals surface area contributed by atoms with Crippen molar-refractivity contribution in [2.24, 2.45) is 5.41 Å². The molecule has 0 unspecified atom stereocenters. The van der Waals surface area contributed by atoms with Gasteiger partial charge in [0.2, 0.25) is 5.91 Å². The highest BCUT2D eigenvalue weighted by Crippen LogP contribution is 2.24. The molecule has 1 amide bonds. The average Bonchev–Trinajstić information content (AvgIpc) is 2.24. The Morgan fingerprint density at radius 1 is 1.16 bits per heavy atom. The van der Waals surface area contributed by atoms with Gasteiger partial charge >= 0.3 is 0 Å². The lowest BCUT2D eigenvalue weighted by Crippen LogP contribution is -2.37. The average molecular weight is 263 g/mol. The van der Waals surface area contributed by atoms with Crippen LogP contribution < -0.4 is 10.1 Å². The molecular formula is C16H25NO2. The molecule has 0 spiro atoms. The van der Waals surface area contributed by atoms with Crippen molar-refractivity contribution >= 4 is 5.91 Å². The molecule has 1 N–H and O–H groups in total. The van der Waals surface area contributed by atoms with Crippen LogP contribution in [0.3, 0.4) is 0 Å². The van der Waals surface area contributed by atoms with Crippen molar-refractivity contribution in [2.45, 2.75) is 41.5 Å². The Bertz CT molecular complexity index is 435. The predicted molar refractivity (Wildman–Crippen MR) is 78.6 cm³/mol. The summed E-state index contributed by atoms with van der Waals surface area (Å²) in [6.07, 6.45) is 0. The van der Waals surface area contributed by atoms with E-state index in [1.165, 1.54) is 5.56 Å². The molecule has 106 valence electrons. The van der Waals surface area contributed by atoms with Crippen LogP contribution in [0.25, 0.3) is 0 Å². The van der Waals surface area contributed by atoms with Gasteiger partial charge in [0.15, 0.2) is 0 Å². The summed E-state index contributed by atoms with van der Waals surface area (Å²) in [4.78, 5) is 11.7. The zero-order valence-electron chi connectivity index (χ0n) is 12.9. The molecule has 0 radical (unpaired) electrons. The number of hydrogen-bond acceptors (Lipinski definition) is 2. The molecular weight excluding hydrogens is 238 g/mol. The monoisotopic (exact) mass is 263 g/mol. The lowest BCUT2D eigenvalue weighted by atomic mass is 9.96. The number of aryl methyl sites for hydroxylation is 3. The first-order chi connectivity index (χ1) is 8.71. The first-order valence-corrected chi connectivity index (χ1v) is 6.71. The van der Waals surface area contributed by atoms with E-state index < -0.39 is 0 Å². The van der Waals surface area contributed by atoms with E-state index in [2.05, 4.69) is 24.4 Å². The van der Waals surface area contributed by atoms with Gasteiger partial charge in [0.25, 0.3) is 0 Å². The molecule has 1 aromatic carbocycles. The van der Waals surface area contributed by atoms with Gasteiger partial charge in [0.05, 0.1) is 6.54 Å². The molecule has 0 aliphatic carbocycles. The van der Waals surface area contributed by atoms with Crippen LogP contribution in [0.4, 0.5) is 0 Å². The molecule has 1 rings (SSSR count). The minimum atomic E-state index is -0.351. The molecule has 0 atom stereocenters. The van der Waals surface area contributed by atoms with Crippen molar-refractivity contribution in [2.75, 3.05) is 13.2 Å². The number of hydrogen-bond donors (Lipinski definition) is 1. The number of carbonyl (C=O) groups is 1. The number of benzene rings is 1. The fourth-order valence-electron chi connectivity index (χ4n) is 1.98. The van der Waals surface area contributed by atoms with Crippen molar-refractivity contribution in [3.05, 3.63) is 28.8 Å². The van der Waals surface area contributed by atoms with Gasteiger partial charge in [0, 0.05) is 5.41 Å². The number of rotatable bonds is 4. The first-order valence-electron chi connectivity index (χ1n) is 6.71. The third kappa shape index (κ3) is 4.58. The number of amides is 1. The quantitative estimate of drug-likeness (QED) is 0.847. The second kappa shape index (κ2) is 6.09. The Labute approximate surface area is 116 Å². The standard InChI is InChI=1S/C16H25NO2/c1-11-9-12(2)14(13(3)10-11)19-8-7-17-15(18)16(4,5)6/h9-10H,7-8H2,1-6H3,(H,17,18). The Kier molecular flexibility index (Phi) is 4.98. The zero-order valence-corrected chi connectivity index (χ0v) is 12.9. The highest BCUT2D eigenvalue weighted by molar-refractivity contribution is 5.81. The summed E-state index contributed by atoms with van der Waals surface area (Å²) in [7, 11) is 0. The van der Waals surface area contributed by atoms with Crippen LogP contribution in [0, 0.1) is 26.2 Å². The maximum atomic E-state index is 11.7. The van der Waals surface area contributed by atoms with Crippen LogP contribution in [-0.2, 0) is 4.79 Å². The number of carbonyl (C=O) groups excluding carboxylic acids is 1. The predicted octanol–water partition coefficient (Wildman–Crippen LogP) is 3.15. The lowest BCUT2D eigenvalue weighted by Gasteiger charge is -2.18. The van der Waals surface area contributed by atoms with Crippen molar-refractivity contribution in [3.63, 3.8) is 0 Å². The van der Waals surface area contributed by atoms with E-state index in [0.717, 1.165) is 16.9 Å². The molecule has 0 fully saturated rings. The topological polar surface area (TPSA) is 38.3 Å². The van der Waals surface area contributed by atoms with Gasteiger partial charge in [-0.2, -0.15) is 0 Å². The maximum absolute atomic E-state index is 11.7. The van der Waals surface area contributed by atoms with E-state index in [4.69, 9.17) is 4.74 Å². The van der Waals surface area contributed by atoms with Gasteiger partial charge < -0.3 is 10.1 Å². The third-order valence-electron chi connectivity index (χ3n) is 2.92. The van der Waals surface area contributed by atoms with Gasteiger partial charge in [-0.3, -0.25) is 4.79 Å². The largest absolute Gasteiger partial charge is 0.491 e. The molecule has 0 bridgehead atoms. The molecule has 0 aliphatic heterocycles. The van der Waals surface area contributed by atoms with Gasteiger partial charge in [-0.1, -0.05) is 38.5 Å². The molecule has 0 aliphatic rings.